The molecule has 1 amide bonds. The number of ether oxygens (including phenoxy) is 1. The lowest BCUT2D eigenvalue weighted by atomic mass is 10.1. The Morgan fingerprint density at radius 1 is 1.16 bits per heavy atom. The molecule has 3 heterocycles. The molecule has 8 nitrogen and oxygen atoms in total. The molecule has 0 radical (unpaired) electrons. The number of alkyl halides is 3. The lowest BCUT2D eigenvalue weighted by Crippen LogP contribution is -2.54. The molecule has 0 unspecified atom stereocenters. The Balaban J connectivity index is 1.43. The number of benzene rings is 1. The molecule has 31 heavy (non-hydrogen) atoms. The maximum atomic E-state index is 13.5. The zero-order valence-electron chi connectivity index (χ0n) is 15.7. The van der Waals surface area contributed by atoms with Gasteiger partial charge in [-0.15, -0.1) is 0 Å². The van der Waals surface area contributed by atoms with Crippen LogP contribution in [0.5, 0.6) is 5.75 Å². The van der Waals surface area contributed by atoms with Gasteiger partial charge in [-0.3, -0.25) is 4.79 Å². The Kier molecular flexibility index (Phi) is 5.36. The summed E-state index contributed by atoms with van der Waals surface area (Å²) in [6.07, 6.45) is 0.242. The van der Waals surface area contributed by atoms with E-state index >= 15 is 0 Å². The highest BCUT2D eigenvalue weighted by Crippen LogP contribution is 2.33. The maximum absolute atomic E-state index is 13.5. The average Bonchev–Trinajstić information content (AvgIpc) is 2.70. The summed E-state index contributed by atoms with van der Waals surface area (Å²) in [7, 11) is 0. The monoisotopic (exact) mass is 434 g/mol. The molecule has 1 saturated heterocycles. The molecule has 12 heteroatoms. The Morgan fingerprint density at radius 2 is 1.97 bits per heavy atom. The summed E-state index contributed by atoms with van der Waals surface area (Å²) in [6.45, 7) is 0.484. The van der Waals surface area contributed by atoms with Gasteiger partial charge in [0, 0.05) is 12.3 Å². The van der Waals surface area contributed by atoms with Gasteiger partial charge in [0.05, 0.1) is 36.7 Å². The van der Waals surface area contributed by atoms with Gasteiger partial charge in [-0.2, -0.15) is 23.4 Å². The fourth-order valence-corrected chi connectivity index (χ4v) is 2.97. The molecule has 0 bridgehead atoms. The zero-order valence-corrected chi connectivity index (χ0v) is 15.7. The van der Waals surface area contributed by atoms with E-state index in [4.69, 9.17) is 4.74 Å². The van der Waals surface area contributed by atoms with Crippen molar-refractivity contribution in [2.75, 3.05) is 23.3 Å². The van der Waals surface area contributed by atoms with Crippen LogP contribution in [0.3, 0.4) is 0 Å². The van der Waals surface area contributed by atoms with Crippen LogP contribution in [0.15, 0.2) is 49.2 Å². The van der Waals surface area contributed by atoms with Gasteiger partial charge in [-0.05, 0) is 18.2 Å². The lowest BCUT2D eigenvalue weighted by molar-refractivity contribution is -0.137. The van der Waals surface area contributed by atoms with E-state index in [0.29, 0.717) is 17.6 Å². The molecule has 1 aliphatic heterocycles. The van der Waals surface area contributed by atoms with Crippen LogP contribution in [0.4, 0.5) is 29.1 Å². The third-order valence-corrected chi connectivity index (χ3v) is 4.43. The summed E-state index contributed by atoms with van der Waals surface area (Å²) in [5.74, 6) is -1.39. The van der Waals surface area contributed by atoms with Crippen LogP contribution in [-0.4, -0.2) is 45.3 Å². The first-order valence-corrected chi connectivity index (χ1v) is 8.97. The number of hydrogen-bond acceptors (Lipinski definition) is 7. The van der Waals surface area contributed by atoms with Crippen molar-refractivity contribution in [3.63, 3.8) is 0 Å². The van der Waals surface area contributed by atoms with Crippen LogP contribution in [0.25, 0.3) is 0 Å². The number of amides is 1. The molecule has 0 aliphatic carbocycles. The normalized spacial score (nSPS) is 14.1. The Labute approximate surface area is 172 Å². The number of halogens is 4. The second-order valence-corrected chi connectivity index (χ2v) is 6.66. The van der Waals surface area contributed by atoms with Gasteiger partial charge in [0.15, 0.2) is 0 Å². The number of rotatable bonds is 5. The van der Waals surface area contributed by atoms with E-state index in [2.05, 4.69) is 25.5 Å². The highest BCUT2D eigenvalue weighted by molar-refractivity contribution is 6.07. The van der Waals surface area contributed by atoms with Crippen molar-refractivity contribution < 1.29 is 27.1 Å². The van der Waals surface area contributed by atoms with Gasteiger partial charge in [0.1, 0.15) is 35.4 Å². The summed E-state index contributed by atoms with van der Waals surface area (Å²) < 4.78 is 57.6. The van der Waals surface area contributed by atoms with E-state index in [-0.39, 0.29) is 24.4 Å². The average molecular weight is 434 g/mol. The molecule has 1 N–H and O–H groups in total. The summed E-state index contributed by atoms with van der Waals surface area (Å²) in [4.78, 5) is 22.3. The third-order valence-electron chi connectivity index (χ3n) is 4.43. The van der Waals surface area contributed by atoms with Crippen LogP contribution in [-0.2, 0) is 6.18 Å². The SMILES string of the molecule is O=C(Nc1ccnnc1)c1cncnc1N1CC(Oc2cc(F)cc(C(F)(F)F)c2)C1. The molecule has 0 saturated carbocycles. The largest absolute Gasteiger partial charge is 0.487 e. The quantitative estimate of drug-likeness (QED) is 0.617. The van der Waals surface area contributed by atoms with Gasteiger partial charge in [-0.25, -0.2) is 14.4 Å². The molecule has 1 fully saturated rings. The van der Waals surface area contributed by atoms with Crippen molar-refractivity contribution in [3.8, 4) is 5.75 Å². The third kappa shape index (κ3) is 4.68. The van der Waals surface area contributed by atoms with E-state index in [1.807, 2.05) is 0 Å². The van der Waals surface area contributed by atoms with Gasteiger partial charge in [-0.1, -0.05) is 0 Å². The molecule has 2 aromatic heterocycles. The molecule has 1 aliphatic rings. The molecular weight excluding hydrogens is 420 g/mol. The van der Waals surface area contributed by atoms with E-state index in [9.17, 15) is 22.4 Å². The highest BCUT2D eigenvalue weighted by atomic mass is 19.4. The Bertz CT molecular complexity index is 1090. The number of hydrogen-bond donors (Lipinski definition) is 1. The molecule has 4 rings (SSSR count). The van der Waals surface area contributed by atoms with Crippen LogP contribution >= 0.6 is 0 Å². The summed E-state index contributed by atoms with van der Waals surface area (Å²) in [5, 5.41) is 9.95. The number of carbonyl (C=O) groups excluding carboxylic acids is 1. The molecule has 0 spiro atoms. The number of nitrogens with one attached hydrogen (secondary N) is 1. The lowest BCUT2D eigenvalue weighted by Gasteiger charge is -2.40. The maximum Gasteiger partial charge on any atom is 0.416 e. The topological polar surface area (TPSA) is 93.1 Å². The fraction of sp³-hybridized carbons (Fsp3) is 0.211. The first kappa shape index (κ1) is 20.4. The minimum atomic E-state index is -4.68. The van der Waals surface area contributed by atoms with Gasteiger partial charge in [0.2, 0.25) is 0 Å². The van der Waals surface area contributed by atoms with Crippen molar-refractivity contribution in [2.45, 2.75) is 12.3 Å². The van der Waals surface area contributed by atoms with E-state index < -0.39 is 29.6 Å². The molecule has 3 aromatic rings. The van der Waals surface area contributed by atoms with Gasteiger partial charge >= 0.3 is 6.18 Å². The predicted molar refractivity (Wildman–Crippen MR) is 100 cm³/mol. The van der Waals surface area contributed by atoms with Crippen LogP contribution in [0.2, 0.25) is 0 Å². The second kappa shape index (κ2) is 8.13. The van der Waals surface area contributed by atoms with Gasteiger partial charge < -0.3 is 15.0 Å². The highest BCUT2D eigenvalue weighted by Gasteiger charge is 2.34. The number of anilines is 2. The summed E-state index contributed by atoms with van der Waals surface area (Å²) in [6, 6.07) is 3.61. The molecule has 160 valence electrons. The summed E-state index contributed by atoms with van der Waals surface area (Å²) >= 11 is 0. The van der Waals surface area contributed by atoms with Crippen LogP contribution < -0.4 is 15.0 Å². The summed E-state index contributed by atoms with van der Waals surface area (Å²) in [5.41, 5.74) is -0.492. The molecule has 0 atom stereocenters. The van der Waals surface area contributed by atoms with Crippen molar-refractivity contribution in [1.82, 2.24) is 20.2 Å². The van der Waals surface area contributed by atoms with Crippen molar-refractivity contribution in [3.05, 3.63) is 66.1 Å². The van der Waals surface area contributed by atoms with Gasteiger partial charge in [0.25, 0.3) is 5.91 Å². The smallest absolute Gasteiger partial charge is 0.416 e. The fourth-order valence-electron chi connectivity index (χ4n) is 2.97. The van der Waals surface area contributed by atoms with E-state index in [0.717, 1.165) is 12.1 Å². The molecular formula is C19H14F4N6O2. The first-order valence-electron chi connectivity index (χ1n) is 8.97. The van der Waals surface area contributed by atoms with Crippen LogP contribution in [0, 0.1) is 5.82 Å². The Hall–Kier alpha value is -3.83. The number of nitrogens with zero attached hydrogens (tertiary/aromatic N) is 5. The minimum absolute atomic E-state index is 0.197. The first-order chi connectivity index (χ1) is 14.8. The Morgan fingerprint density at radius 3 is 2.68 bits per heavy atom. The van der Waals surface area contributed by atoms with Crippen molar-refractivity contribution in [2.24, 2.45) is 0 Å². The predicted octanol–water partition coefficient (Wildman–Crippen LogP) is 2.94. The minimum Gasteiger partial charge on any atom is -0.487 e. The van der Waals surface area contributed by atoms with E-state index in [1.165, 1.54) is 24.9 Å². The van der Waals surface area contributed by atoms with E-state index in [1.54, 1.807) is 11.0 Å². The number of aromatic nitrogens is 4. The standard InChI is InChI=1S/C19H14F4N6O2/c20-12-3-11(19(21,22)23)4-14(5-12)31-15-8-29(9-15)17-16(7-24-10-25-17)18(30)28-13-1-2-26-27-6-13/h1-7,10,15H,8-9H2,(H,26,28,30). The van der Waals surface area contributed by atoms with Crippen LogP contribution in [0.1, 0.15) is 15.9 Å². The van der Waals surface area contributed by atoms with Crippen molar-refractivity contribution >= 4 is 17.4 Å². The number of carbonyl (C=O) groups is 1. The van der Waals surface area contributed by atoms with Crippen molar-refractivity contribution in [1.29, 1.82) is 0 Å². The second-order valence-electron chi connectivity index (χ2n) is 6.66. The zero-order chi connectivity index (χ0) is 22.0. The molecule has 1 aromatic carbocycles.